The molecule has 0 atom stereocenters. The number of rotatable bonds is 5. The number of carbonyl (C=O) groups is 2. The summed E-state index contributed by atoms with van der Waals surface area (Å²) in [5.41, 5.74) is 1.06. The van der Waals surface area contributed by atoms with E-state index in [2.05, 4.69) is 5.32 Å². The van der Waals surface area contributed by atoms with Crippen LogP contribution in [0.1, 0.15) is 23.3 Å². The van der Waals surface area contributed by atoms with Gasteiger partial charge in [-0.25, -0.2) is 0 Å². The molecule has 0 aliphatic carbocycles. The van der Waals surface area contributed by atoms with E-state index >= 15 is 0 Å². The molecule has 1 fully saturated rings. The zero-order valence-corrected chi connectivity index (χ0v) is 12.0. The summed E-state index contributed by atoms with van der Waals surface area (Å²) in [5.74, 6) is -0.191. The maximum Gasteiger partial charge on any atom is 0.303 e. The number of nitrogens with one attached hydrogen (secondary N) is 1. The van der Waals surface area contributed by atoms with E-state index in [1.54, 1.807) is 13.8 Å². The topological polar surface area (TPSA) is 107 Å². The standard InChI is InChI=1S/C14H17N3O4/c1-8-9(2)21-14(11(8)4-15)16-12(18)7-17-5-10(6-17)3-13(19)20/h10H,3,5-7H2,1-2H3,(H,16,18)(H,19,20). The second-order valence-electron chi connectivity index (χ2n) is 5.31. The van der Waals surface area contributed by atoms with Crippen LogP contribution in [0.2, 0.25) is 0 Å². The lowest BCUT2D eigenvalue weighted by Gasteiger charge is -2.37. The van der Waals surface area contributed by atoms with E-state index < -0.39 is 5.97 Å². The number of carbonyl (C=O) groups excluding carboxylic acids is 1. The summed E-state index contributed by atoms with van der Waals surface area (Å²) in [6.07, 6.45) is 0.132. The Morgan fingerprint density at radius 2 is 2.14 bits per heavy atom. The Morgan fingerprint density at radius 3 is 2.71 bits per heavy atom. The predicted molar refractivity (Wildman–Crippen MR) is 73.7 cm³/mol. The minimum absolute atomic E-state index is 0.109. The number of hydrogen-bond donors (Lipinski definition) is 2. The first-order valence-corrected chi connectivity index (χ1v) is 6.64. The van der Waals surface area contributed by atoms with Crippen LogP contribution in [0.4, 0.5) is 5.88 Å². The number of carboxylic acids is 1. The van der Waals surface area contributed by atoms with Gasteiger partial charge in [-0.2, -0.15) is 5.26 Å². The molecule has 2 heterocycles. The van der Waals surface area contributed by atoms with Crippen molar-refractivity contribution in [3.8, 4) is 6.07 Å². The predicted octanol–water partition coefficient (Wildman–Crippen LogP) is 1.11. The third kappa shape index (κ3) is 3.41. The van der Waals surface area contributed by atoms with Gasteiger partial charge in [-0.1, -0.05) is 0 Å². The number of furan rings is 1. The molecule has 0 spiro atoms. The number of nitrogens with zero attached hydrogens (tertiary/aromatic N) is 2. The molecule has 0 unspecified atom stereocenters. The van der Waals surface area contributed by atoms with Gasteiger partial charge in [-0.05, 0) is 19.8 Å². The van der Waals surface area contributed by atoms with Crippen molar-refractivity contribution < 1.29 is 19.1 Å². The highest BCUT2D eigenvalue weighted by molar-refractivity contribution is 5.92. The van der Waals surface area contributed by atoms with Crippen molar-refractivity contribution in [2.24, 2.45) is 5.92 Å². The molecule has 1 aromatic rings. The zero-order chi connectivity index (χ0) is 15.6. The molecule has 2 N–H and O–H groups in total. The molecular weight excluding hydrogens is 274 g/mol. The minimum atomic E-state index is -0.815. The summed E-state index contributed by atoms with van der Waals surface area (Å²) in [7, 11) is 0. The number of nitriles is 1. The largest absolute Gasteiger partial charge is 0.481 e. The molecule has 7 heteroatoms. The van der Waals surface area contributed by atoms with Gasteiger partial charge >= 0.3 is 5.97 Å². The smallest absolute Gasteiger partial charge is 0.303 e. The molecule has 2 rings (SSSR count). The summed E-state index contributed by atoms with van der Waals surface area (Å²) in [6, 6.07) is 2.01. The average molecular weight is 291 g/mol. The van der Waals surface area contributed by atoms with Crippen LogP contribution in [0.25, 0.3) is 0 Å². The van der Waals surface area contributed by atoms with Crippen molar-refractivity contribution in [1.82, 2.24) is 4.90 Å². The molecule has 1 amide bonds. The Hall–Kier alpha value is -2.33. The molecule has 1 saturated heterocycles. The Morgan fingerprint density at radius 1 is 1.48 bits per heavy atom. The van der Waals surface area contributed by atoms with Crippen molar-refractivity contribution in [1.29, 1.82) is 5.26 Å². The van der Waals surface area contributed by atoms with E-state index in [-0.39, 0.29) is 30.7 Å². The molecule has 0 saturated carbocycles. The highest BCUT2D eigenvalue weighted by Crippen LogP contribution is 2.25. The molecule has 7 nitrogen and oxygen atoms in total. The fourth-order valence-electron chi connectivity index (χ4n) is 2.40. The first-order chi connectivity index (χ1) is 9.90. The number of hydrogen-bond acceptors (Lipinski definition) is 5. The summed E-state index contributed by atoms with van der Waals surface area (Å²) in [6.45, 7) is 4.86. The van der Waals surface area contributed by atoms with Gasteiger partial charge in [0.15, 0.2) is 0 Å². The van der Waals surface area contributed by atoms with Gasteiger partial charge in [0.25, 0.3) is 0 Å². The maximum atomic E-state index is 11.9. The minimum Gasteiger partial charge on any atom is -0.481 e. The number of aryl methyl sites for hydroxylation is 1. The monoisotopic (exact) mass is 291 g/mol. The molecule has 112 valence electrons. The van der Waals surface area contributed by atoms with Gasteiger partial charge in [-0.15, -0.1) is 0 Å². The molecule has 21 heavy (non-hydrogen) atoms. The fourth-order valence-corrected chi connectivity index (χ4v) is 2.40. The van der Waals surface area contributed by atoms with E-state index in [4.69, 9.17) is 14.8 Å². The normalized spacial score (nSPS) is 15.3. The second kappa shape index (κ2) is 5.97. The van der Waals surface area contributed by atoms with Crippen molar-refractivity contribution >= 4 is 17.8 Å². The van der Waals surface area contributed by atoms with E-state index in [9.17, 15) is 9.59 Å². The molecule has 0 aromatic carbocycles. The molecular formula is C14H17N3O4. The third-order valence-corrected chi connectivity index (χ3v) is 3.61. The van der Waals surface area contributed by atoms with Crippen molar-refractivity contribution in [2.75, 3.05) is 25.0 Å². The molecule has 0 bridgehead atoms. The lowest BCUT2D eigenvalue weighted by molar-refractivity contribution is -0.139. The van der Waals surface area contributed by atoms with Gasteiger partial charge in [0.2, 0.25) is 11.8 Å². The fraction of sp³-hybridized carbons (Fsp3) is 0.500. The van der Waals surface area contributed by atoms with Gasteiger partial charge in [0, 0.05) is 18.7 Å². The molecule has 1 aliphatic heterocycles. The Kier molecular flexibility index (Phi) is 4.29. The van der Waals surface area contributed by atoms with Crippen LogP contribution in [0.3, 0.4) is 0 Å². The van der Waals surface area contributed by atoms with E-state index in [0.717, 1.165) is 5.56 Å². The van der Waals surface area contributed by atoms with Crippen molar-refractivity contribution in [3.63, 3.8) is 0 Å². The maximum absolute atomic E-state index is 11.9. The van der Waals surface area contributed by atoms with Gasteiger partial charge in [-0.3, -0.25) is 19.8 Å². The lowest BCUT2D eigenvalue weighted by atomic mass is 9.96. The lowest BCUT2D eigenvalue weighted by Crippen LogP contribution is -2.50. The number of carboxylic acid groups (broad SMARTS) is 1. The van der Waals surface area contributed by atoms with E-state index in [1.165, 1.54) is 0 Å². The van der Waals surface area contributed by atoms with Crippen molar-refractivity contribution in [3.05, 3.63) is 16.9 Å². The summed E-state index contributed by atoms with van der Waals surface area (Å²) in [4.78, 5) is 24.3. The van der Waals surface area contributed by atoms with E-state index in [1.807, 2.05) is 11.0 Å². The first-order valence-electron chi connectivity index (χ1n) is 6.64. The Labute approximate surface area is 122 Å². The van der Waals surface area contributed by atoms with Gasteiger partial charge in [0.1, 0.15) is 17.4 Å². The Balaban J connectivity index is 1.85. The van der Waals surface area contributed by atoms with Crippen LogP contribution in [0.15, 0.2) is 4.42 Å². The van der Waals surface area contributed by atoms with E-state index in [0.29, 0.717) is 24.4 Å². The van der Waals surface area contributed by atoms with Crippen LogP contribution in [0, 0.1) is 31.1 Å². The second-order valence-corrected chi connectivity index (χ2v) is 5.31. The molecule has 1 aromatic heterocycles. The quantitative estimate of drug-likeness (QED) is 0.841. The SMILES string of the molecule is Cc1oc(NC(=O)CN2CC(CC(=O)O)C2)c(C#N)c1C. The van der Waals surface area contributed by atoms with Gasteiger partial charge in [0.05, 0.1) is 13.0 Å². The Bertz CT molecular complexity index is 608. The summed E-state index contributed by atoms with van der Waals surface area (Å²) in [5, 5.41) is 20.3. The number of likely N-dealkylation sites (tertiary alicyclic amines) is 1. The van der Waals surface area contributed by atoms with Crippen LogP contribution < -0.4 is 5.32 Å². The average Bonchev–Trinajstić information content (AvgIpc) is 2.61. The highest BCUT2D eigenvalue weighted by Gasteiger charge is 2.30. The third-order valence-electron chi connectivity index (χ3n) is 3.61. The van der Waals surface area contributed by atoms with Crippen LogP contribution >= 0.6 is 0 Å². The highest BCUT2D eigenvalue weighted by atomic mass is 16.4. The zero-order valence-electron chi connectivity index (χ0n) is 12.0. The van der Waals surface area contributed by atoms with Gasteiger partial charge < -0.3 is 9.52 Å². The first kappa shape index (κ1) is 15.1. The number of aliphatic carboxylic acids is 1. The molecule has 1 aliphatic rings. The van der Waals surface area contributed by atoms with Crippen LogP contribution in [0.5, 0.6) is 0 Å². The van der Waals surface area contributed by atoms with Crippen molar-refractivity contribution in [2.45, 2.75) is 20.3 Å². The molecule has 0 radical (unpaired) electrons. The van der Waals surface area contributed by atoms with Crippen LogP contribution in [-0.4, -0.2) is 41.5 Å². The number of amides is 1. The summed E-state index contributed by atoms with van der Waals surface area (Å²) < 4.78 is 5.36. The number of anilines is 1. The van der Waals surface area contributed by atoms with Crippen LogP contribution in [-0.2, 0) is 9.59 Å². The summed E-state index contributed by atoms with van der Waals surface area (Å²) >= 11 is 0.